The first-order valence-electron chi connectivity index (χ1n) is 10.6. The Hall–Kier alpha value is -2.65. The van der Waals surface area contributed by atoms with Crippen molar-refractivity contribution in [3.63, 3.8) is 0 Å². The van der Waals surface area contributed by atoms with Gasteiger partial charge >= 0.3 is 11.9 Å². The van der Waals surface area contributed by atoms with Gasteiger partial charge in [-0.3, -0.25) is 24.1 Å². The number of fused-ring (bicyclic) bond motifs is 5. The third kappa shape index (κ3) is 4.31. The highest BCUT2D eigenvalue weighted by Crippen LogP contribution is 2.59. The number of imide groups is 1. The molecule has 1 heterocycles. The highest BCUT2D eigenvalue weighted by atomic mass is 35.5. The van der Waals surface area contributed by atoms with Crippen LogP contribution < -0.4 is 5.32 Å². The molecule has 0 aromatic heterocycles. The molecule has 2 aliphatic carbocycles. The van der Waals surface area contributed by atoms with Crippen LogP contribution in [0.1, 0.15) is 23.7 Å². The maximum Gasteiger partial charge on any atom is 0.338 e. The van der Waals surface area contributed by atoms with E-state index in [1.807, 2.05) is 0 Å². The second kappa shape index (κ2) is 9.30. The summed E-state index contributed by atoms with van der Waals surface area (Å²) in [6.45, 7) is 0.787. The summed E-state index contributed by atoms with van der Waals surface area (Å²) < 4.78 is 9.82. The molecule has 2 bridgehead atoms. The number of carbonyl (C=O) groups is 5. The number of amides is 3. The Morgan fingerprint density at radius 3 is 2.12 bits per heavy atom. The third-order valence-corrected chi connectivity index (χ3v) is 7.73. The Morgan fingerprint density at radius 2 is 1.58 bits per heavy atom. The highest BCUT2D eigenvalue weighted by molar-refractivity contribution is 6.31. The third-order valence-electron chi connectivity index (χ3n) is 6.41. The van der Waals surface area contributed by atoms with E-state index < -0.39 is 54.6 Å². The summed E-state index contributed by atoms with van der Waals surface area (Å²) in [5, 5.41) is 1.77. The Bertz CT molecular complexity index is 967. The lowest BCUT2D eigenvalue weighted by molar-refractivity contribution is -0.154. The van der Waals surface area contributed by atoms with Crippen LogP contribution in [-0.4, -0.2) is 65.1 Å². The maximum absolute atomic E-state index is 12.8. The van der Waals surface area contributed by atoms with Gasteiger partial charge in [-0.1, -0.05) is 0 Å². The number of hydrogen-bond donors (Lipinski definition) is 1. The number of hydrogen-bond acceptors (Lipinski definition) is 7. The molecular weight excluding hydrogens is 475 g/mol. The van der Waals surface area contributed by atoms with E-state index in [4.69, 9.17) is 32.7 Å². The van der Waals surface area contributed by atoms with Gasteiger partial charge in [-0.15, -0.1) is 23.2 Å². The summed E-state index contributed by atoms with van der Waals surface area (Å²) in [6, 6.07) is 6.00. The van der Waals surface area contributed by atoms with Crippen molar-refractivity contribution < 1.29 is 33.4 Å². The summed E-state index contributed by atoms with van der Waals surface area (Å²) >= 11 is 12.6. The monoisotopic (exact) mass is 496 g/mol. The summed E-state index contributed by atoms with van der Waals surface area (Å²) in [5.74, 6) is -4.29. The van der Waals surface area contributed by atoms with Crippen LogP contribution in [0, 0.1) is 23.7 Å². The van der Waals surface area contributed by atoms with Gasteiger partial charge in [0.2, 0.25) is 11.8 Å². The van der Waals surface area contributed by atoms with Crippen LogP contribution in [0.15, 0.2) is 24.3 Å². The standard InChI is InChI=1S/C22H22Cl2N2O7/c1-2-32-22(31)10-3-5-11(6-4-10)25-14(27)9-33-15(28)8-26-20(29)16-12-7-13(17(16)21(26)30)19(24)18(12)23/h3-6,12-13,16-19H,2,7-9H2,1H3,(H,25,27)/t12-,13-,16-,17+,18-,19+/m1/s1. The summed E-state index contributed by atoms with van der Waals surface area (Å²) in [7, 11) is 0. The first-order valence-corrected chi connectivity index (χ1v) is 11.5. The normalized spacial score (nSPS) is 29.7. The molecule has 2 saturated carbocycles. The largest absolute Gasteiger partial charge is 0.462 e. The molecule has 0 spiro atoms. The molecule has 11 heteroatoms. The quantitative estimate of drug-likeness (QED) is 0.347. The number of esters is 2. The number of carbonyl (C=O) groups excluding carboxylic acids is 5. The van der Waals surface area contributed by atoms with Crippen LogP contribution in [0.4, 0.5) is 5.69 Å². The minimum atomic E-state index is -0.873. The molecule has 33 heavy (non-hydrogen) atoms. The lowest BCUT2D eigenvalue weighted by atomic mass is 9.80. The van der Waals surface area contributed by atoms with E-state index in [0.29, 0.717) is 17.7 Å². The van der Waals surface area contributed by atoms with Crippen molar-refractivity contribution in [1.29, 1.82) is 0 Å². The fraction of sp³-hybridized carbons (Fsp3) is 0.500. The molecule has 1 saturated heterocycles. The van der Waals surface area contributed by atoms with E-state index in [-0.39, 0.29) is 29.2 Å². The molecule has 0 radical (unpaired) electrons. The van der Waals surface area contributed by atoms with Crippen LogP contribution in [0.25, 0.3) is 0 Å². The van der Waals surface area contributed by atoms with E-state index in [0.717, 1.165) is 4.90 Å². The molecule has 3 amide bonds. The zero-order valence-electron chi connectivity index (χ0n) is 17.7. The summed E-state index contributed by atoms with van der Waals surface area (Å²) in [6.07, 6.45) is 0.633. The Balaban J connectivity index is 1.27. The van der Waals surface area contributed by atoms with Gasteiger partial charge in [0, 0.05) is 5.69 Å². The minimum Gasteiger partial charge on any atom is -0.462 e. The number of anilines is 1. The number of benzene rings is 1. The van der Waals surface area contributed by atoms with Gasteiger partial charge in [0.25, 0.3) is 5.91 Å². The van der Waals surface area contributed by atoms with Crippen molar-refractivity contribution in [2.24, 2.45) is 23.7 Å². The topological polar surface area (TPSA) is 119 Å². The molecule has 9 nitrogen and oxygen atoms in total. The molecule has 1 N–H and O–H groups in total. The zero-order chi connectivity index (χ0) is 23.9. The van der Waals surface area contributed by atoms with Gasteiger partial charge in [0.15, 0.2) is 6.61 Å². The van der Waals surface area contributed by atoms with Crippen molar-refractivity contribution in [3.05, 3.63) is 29.8 Å². The number of rotatable bonds is 7. The number of likely N-dealkylation sites (tertiary alicyclic amines) is 1. The van der Waals surface area contributed by atoms with Crippen molar-refractivity contribution in [1.82, 2.24) is 4.90 Å². The van der Waals surface area contributed by atoms with Crippen LogP contribution in [-0.2, 0) is 28.7 Å². The Kier molecular flexibility index (Phi) is 6.63. The van der Waals surface area contributed by atoms with Gasteiger partial charge in [0.1, 0.15) is 6.54 Å². The molecule has 1 aromatic carbocycles. The van der Waals surface area contributed by atoms with Gasteiger partial charge in [-0.25, -0.2) is 4.79 Å². The maximum atomic E-state index is 12.8. The molecule has 4 rings (SSSR count). The SMILES string of the molecule is CCOC(=O)c1ccc(NC(=O)COC(=O)CN2C(=O)[C@@H]3[C@H]4C[C@@H]([C@H](Cl)[C@@H]4Cl)[C@@H]3C2=O)cc1. The molecule has 6 atom stereocenters. The predicted molar refractivity (Wildman–Crippen MR) is 117 cm³/mol. The number of nitrogens with one attached hydrogen (secondary N) is 1. The number of alkyl halides is 2. The molecule has 3 fully saturated rings. The van der Waals surface area contributed by atoms with Gasteiger partial charge in [-0.2, -0.15) is 0 Å². The molecule has 3 aliphatic rings. The number of ether oxygens (including phenoxy) is 2. The smallest absolute Gasteiger partial charge is 0.338 e. The highest BCUT2D eigenvalue weighted by Gasteiger charge is 2.66. The van der Waals surface area contributed by atoms with Crippen molar-refractivity contribution >= 4 is 58.5 Å². The van der Waals surface area contributed by atoms with Gasteiger partial charge < -0.3 is 14.8 Å². The molecule has 1 aromatic rings. The zero-order valence-corrected chi connectivity index (χ0v) is 19.2. The Morgan fingerprint density at radius 1 is 1.00 bits per heavy atom. The van der Waals surface area contributed by atoms with E-state index in [1.165, 1.54) is 24.3 Å². The second-order valence-corrected chi connectivity index (χ2v) is 9.28. The molecular formula is C22H22Cl2N2O7. The van der Waals surface area contributed by atoms with Crippen molar-refractivity contribution in [2.75, 3.05) is 25.1 Å². The summed E-state index contributed by atoms with van der Waals surface area (Å²) in [5.41, 5.74) is 0.726. The average Bonchev–Trinajstić information content (AvgIpc) is 3.39. The van der Waals surface area contributed by atoms with E-state index >= 15 is 0 Å². The lowest BCUT2D eigenvalue weighted by Crippen LogP contribution is -2.38. The first kappa shape index (κ1) is 23.5. The number of halogens is 2. The van der Waals surface area contributed by atoms with Crippen LogP contribution in [0.3, 0.4) is 0 Å². The van der Waals surface area contributed by atoms with Crippen LogP contribution in [0.5, 0.6) is 0 Å². The fourth-order valence-electron chi connectivity index (χ4n) is 4.99. The van der Waals surface area contributed by atoms with Crippen LogP contribution >= 0.6 is 23.2 Å². The lowest BCUT2D eigenvalue weighted by Gasteiger charge is -2.28. The second-order valence-electron chi connectivity index (χ2n) is 8.27. The first-order chi connectivity index (χ1) is 15.7. The van der Waals surface area contributed by atoms with E-state index in [9.17, 15) is 24.0 Å². The van der Waals surface area contributed by atoms with Crippen molar-refractivity contribution in [3.8, 4) is 0 Å². The average molecular weight is 497 g/mol. The predicted octanol–water partition coefficient (Wildman–Crippen LogP) is 1.81. The molecule has 176 valence electrons. The fourth-order valence-corrected chi connectivity index (χ4v) is 5.88. The minimum absolute atomic E-state index is 0.178. The van der Waals surface area contributed by atoms with Crippen molar-refractivity contribution in [2.45, 2.75) is 24.1 Å². The van der Waals surface area contributed by atoms with E-state index in [1.54, 1.807) is 6.92 Å². The van der Waals surface area contributed by atoms with Gasteiger partial charge in [0.05, 0.1) is 34.8 Å². The molecule has 1 aliphatic heterocycles. The molecule has 0 unspecified atom stereocenters. The summed E-state index contributed by atoms with van der Waals surface area (Å²) in [4.78, 5) is 62.3. The number of nitrogens with zero attached hydrogens (tertiary/aromatic N) is 1. The van der Waals surface area contributed by atoms with E-state index in [2.05, 4.69) is 5.32 Å². The van der Waals surface area contributed by atoms with Gasteiger partial charge in [-0.05, 0) is 49.4 Å². The van der Waals surface area contributed by atoms with Crippen LogP contribution in [0.2, 0.25) is 0 Å². The Labute approximate surface area is 199 Å².